The Labute approximate surface area is 103 Å². The fraction of sp³-hybridized carbons (Fsp3) is 0.0909. The first-order chi connectivity index (χ1) is 8.54. The second kappa shape index (κ2) is 5.58. The van der Waals surface area contributed by atoms with Crippen LogP contribution in [0.3, 0.4) is 0 Å². The van der Waals surface area contributed by atoms with Crippen molar-refractivity contribution in [1.29, 1.82) is 5.41 Å². The number of hydrogen-bond donors (Lipinski definition) is 2. The number of nitrogens with two attached hydrogens (primary N) is 1. The van der Waals surface area contributed by atoms with Crippen LogP contribution < -0.4 is 5.73 Å². The van der Waals surface area contributed by atoms with Gasteiger partial charge in [0.15, 0.2) is 0 Å². The normalized spacial score (nSPS) is 10.8. The molecule has 0 atom stereocenters. The van der Waals surface area contributed by atoms with Gasteiger partial charge in [-0.2, -0.15) is 0 Å². The average molecular weight is 249 g/mol. The molecule has 94 valence electrons. The molecule has 0 aliphatic rings. The summed E-state index contributed by atoms with van der Waals surface area (Å²) in [5, 5.41) is 17.8. The summed E-state index contributed by atoms with van der Waals surface area (Å²) in [7, 11) is 1.17. The zero-order valence-corrected chi connectivity index (χ0v) is 9.54. The SMILES string of the molecule is COC(=O)c1cc([N+](=O)[O-])ccc1/C(C=N)=C/N. The predicted octanol–water partition coefficient (Wildman–Crippen LogP) is 1.33. The second-order valence-electron chi connectivity index (χ2n) is 3.24. The van der Waals surface area contributed by atoms with Crippen molar-refractivity contribution in [3.8, 4) is 0 Å². The van der Waals surface area contributed by atoms with Crippen LogP contribution in [0, 0.1) is 15.5 Å². The highest BCUT2D eigenvalue weighted by Gasteiger charge is 2.18. The molecule has 0 aromatic heterocycles. The van der Waals surface area contributed by atoms with E-state index in [4.69, 9.17) is 11.1 Å². The van der Waals surface area contributed by atoms with Gasteiger partial charge in [-0.1, -0.05) is 0 Å². The Morgan fingerprint density at radius 1 is 1.50 bits per heavy atom. The Morgan fingerprint density at radius 3 is 2.61 bits per heavy atom. The number of carbonyl (C=O) groups is 1. The van der Waals surface area contributed by atoms with E-state index in [1.807, 2.05) is 0 Å². The van der Waals surface area contributed by atoms with Gasteiger partial charge < -0.3 is 15.9 Å². The van der Waals surface area contributed by atoms with Crippen molar-refractivity contribution in [2.45, 2.75) is 0 Å². The van der Waals surface area contributed by atoms with Crippen LogP contribution in [-0.4, -0.2) is 24.2 Å². The monoisotopic (exact) mass is 249 g/mol. The molecule has 0 aliphatic heterocycles. The number of nitrogens with one attached hydrogen (secondary N) is 1. The van der Waals surface area contributed by atoms with Gasteiger partial charge in [-0.05, 0) is 11.6 Å². The number of rotatable bonds is 4. The van der Waals surface area contributed by atoms with Gasteiger partial charge in [-0.15, -0.1) is 0 Å². The minimum Gasteiger partial charge on any atom is -0.465 e. The lowest BCUT2D eigenvalue weighted by Crippen LogP contribution is -2.07. The van der Waals surface area contributed by atoms with E-state index in [2.05, 4.69) is 4.74 Å². The second-order valence-corrected chi connectivity index (χ2v) is 3.24. The molecule has 0 aliphatic carbocycles. The van der Waals surface area contributed by atoms with Crippen molar-refractivity contribution in [1.82, 2.24) is 0 Å². The van der Waals surface area contributed by atoms with Crippen LogP contribution in [0.15, 0.2) is 24.4 Å². The zero-order chi connectivity index (χ0) is 13.7. The fourth-order valence-corrected chi connectivity index (χ4v) is 1.39. The predicted molar refractivity (Wildman–Crippen MR) is 65.4 cm³/mol. The highest BCUT2D eigenvalue weighted by Crippen LogP contribution is 2.23. The zero-order valence-electron chi connectivity index (χ0n) is 9.54. The molecule has 0 saturated carbocycles. The Balaban J connectivity index is 3.47. The van der Waals surface area contributed by atoms with E-state index in [0.717, 1.165) is 18.5 Å². The topological polar surface area (TPSA) is 119 Å². The molecule has 1 aromatic rings. The van der Waals surface area contributed by atoms with Gasteiger partial charge in [0.25, 0.3) is 5.69 Å². The number of allylic oxidation sites excluding steroid dienone is 1. The van der Waals surface area contributed by atoms with Crippen molar-refractivity contribution in [3.63, 3.8) is 0 Å². The molecule has 3 N–H and O–H groups in total. The molecule has 7 heteroatoms. The first-order valence-corrected chi connectivity index (χ1v) is 4.84. The quantitative estimate of drug-likeness (QED) is 0.361. The third-order valence-corrected chi connectivity index (χ3v) is 2.27. The molecule has 7 nitrogen and oxygen atoms in total. The number of nitrogens with zero attached hydrogens (tertiary/aromatic N) is 1. The molecular formula is C11H11N3O4. The van der Waals surface area contributed by atoms with Crippen molar-refractivity contribution in [2.75, 3.05) is 7.11 Å². The van der Waals surface area contributed by atoms with Gasteiger partial charge in [0, 0.05) is 30.1 Å². The minimum absolute atomic E-state index is 0.00750. The van der Waals surface area contributed by atoms with Gasteiger partial charge in [0.1, 0.15) is 0 Å². The molecule has 1 aromatic carbocycles. The molecule has 1 rings (SSSR count). The van der Waals surface area contributed by atoms with Gasteiger partial charge in [-0.3, -0.25) is 10.1 Å². The maximum Gasteiger partial charge on any atom is 0.338 e. The Morgan fingerprint density at radius 2 is 2.17 bits per heavy atom. The third-order valence-electron chi connectivity index (χ3n) is 2.27. The summed E-state index contributed by atoms with van der Waals surface area (Å²) >= 11 is 0. The van der Waals surface area contributed by atoms with Crippen molar-refractivity contribution < 1.29 is 14.5 Å². The summed E-state index contributed by atoms with van der Waals surface area (Å²) in [6.07, 6.45) is 2.09. The van der Waals surface area contributed by atoms with Gasteiger partial charge in [0.2, 0.25) is 0 Å². The largest absolute Gasteiger partial charge is 0.465 e. The summed E-state index contributed by atoms with van der Waals surface area (Å²) in [5.74, 6) is -0.727. The van der Waals surface area contributed by atoms with Crippen molar-refractivity contribution in [3.05, 3.63) is 45.6 Å². The molecule has 0 amide bonds. The first-order valence-electron chi connectivity index (χ1n) is 4.84. The maximum atomic E-state index is 11.6. The van der Waals surface area contributed by atoms with E-state index in [-0.39, 0.29) is 16.8 Å². The number of hydrogen-bond acceptors (Lipinski definition) is 6. The molecule has 0 fully saturated rings. The molecule has 0 radical (unpaired) electrons. The summed E-state index contributed by atoms with van der Waals surface area (Å²) in [6.45, 7) is 0. The molecule has 0 heterocycles. The van der Waals surface area contributed by atoms with Gasteiger partial charge in [-0.25, -0.2) is 4.79 Å². The van der Waals surface area contributed by atoms with E-state index in [0.29, 0.717) is 5.56 Å². The molecule has 0 saturated heterocycles. The fourth-order valence-electron chi connectivity index (χ4n) is 1.39. The van der Waals surface area contributed by atoms with E-state index in [1.54, 1.807) is 0 Å². The number of nitro benzene ring substituents is 1. The van der Waals surface area contributed by atoms with E-state index >= 15 is 0 Å². The van der Waals surface area contributed by atoms with Gasteiger partial charge >= 0.3 is 5.97 Å². The number of benzene rings is 1. The van der Waals surface area contributed by atoms with E-state index in [9.17, 15) is 14.9 Å². The summed E-state index contributed by atoms with van der Waals surface area (Å²) in [4.78, 5) is 21.6. The van der Waals surface area contributed by atoms with Crippen LogP contribution in [0.25, 0.3) is 5.57 Å². The lowest BCUT2D eigenvalue weighted by molar-refractivity contribution is -0.384. The molecular weight excluding hydrogens is 238 g/mol. The van der Waals surface area contributed by atoms with Crippen LogP contribution in [0.4, 0.5) is 5.69 Å². The molecule has 18 heavy (non-hydrogen) atoms. The lowest BCUT2D eigenvalue weighted by atomic mass is 10.0. The molecule has 0 bridgehead atoms. The van der Waals surface area contributed by atoms with Gasteiger partial charge in [0.05, 0.1) is 17.6 Å². The van der Waals surface area contributed by atoms with Crippen LogP contribution in [0.1, 0.15) is 15.9 Å². The lowest BCUT2D eigenvalue weighted by Gasteiger charge is -2.07. The first kappa shape index (κ1) is 13.4. The van der Waals surface area contributed by atoms with E-state index in [1.165, 1.54) is 19.2 Å². The molecule has 0 spiro atoms. The van der Waals surface area contributed by atoms with Crippen LogP contribution in [0.5, 0.6) is 0 Å². The summed E-state index contributed by atoms with van der Waals surface area (Å²) in [6, 6.07) is 3.68. The average Bonchev–Trinajstić information content (AvgIpc) is 2.39. The number of nitro groups is 1. The van der Waals surface area contributed by atoms with Crippen molar-refractivity contribution >= 4 is 23.4 Å². The Hall–Kier alpha value is -2.70. The standard InChI is InChI=1S/C11H11N3O4/c1-18-11(15)10-4-8(14(16)17)2-3-9(10)7(5-12)6-13/h2-6,12H,13H2,1H3/b7-6+,12-5?. The van der Waals surface area contributed by atoms with Crippen LogP contribution in [0.2, 0.25) is 0 Å². The van der Waals surface area contributed by atoms with Crippen LogP contribution in [-0.2, 0) is 4.74 Å². The highest BCUT2D eigenvalue weighted by molar-refractivity contribution is 6.12. The number of non-ortho nitro benzene ring substituents is 1. The summed E-state index contributed by atoms with van der Waals surface area (Å²) in [5.41, 5.74) is 5.66. The Kier molecular flexibility index (Phi) is 4.14. The number of carbonyl (C=O) groups excluding carboxylic acids is 1. The third kappa shape index (κ3) is 2.51. The van der Waals surface area contributed by atoms with Crippen LogP contribution >= 0.6 is 0 Å². The van der Waals surface area contributed by atoms with E-state index < -0.39 is 10.9 Å². The number of methoxy groups -OCH3 is 1. The Bertz CT molecular complexity index is 537. The maximum absolute atomic E-state index is 11.6. The smallest absolute Gasteiger partial charge is 0.338 e. The summed E-state index contributed by atoms with van der Waals surface area (Å²) < 4.78 is 4.55. The van der Waals surface area contributed by atoms with Crippen molar-refractivity contribution in [2.24, 2.45) is 5.73 Å². The number of esters is 1. The molecule has 0 unspecified atom stereocenters. The highest BCUT2D eigenvalue weighted by atomic mass is 16.6. The number of ether oxygens (including phenoxy) is 1. The minimum atomic E-state index is -0.727.